The second-order valence-corrected chi connectivity index (χ2v) is 12.5. The molecule has 0 aromatic carbocycles. The zero-order valence-corrected chi connectivity index (χ0v) is 29.7. The summed E-state index contributed by atoms with van der Waals surface area (Å²) in [6, 6.07) is 0. The minimum atomic E-state index is -5.03. The molecule has 38 heavy (non-hydrogen) atoms. The molecule has 0 aliphatic carbocycles. The van der Waals surface area contributed by atoms with Crippen LogP contribution in [0.1, 0.15) is 124 Å². The maximum Gasteiger partial charge on any atom is 1.00 e. The summed E-state index contributed by atoms with van der Waals surface area (Å²) in [5.41, 5.74) is -2.08. The molecule has 2 N–H and O–H groups in total. The monoisotopic (exact) mass is 639 g/mol. The molecule has 0 aromatic rings. The molecule has 8 nitrogen and oxygen atoms in total. The Morgan fingerprint density at radius 2 is 1.08 bits per heavy atom. The van der Waals surface area contributed by atoms with Gasteiger partial charge in [-0.05, 0) is 25.7 Å². The number of carbonyl (C=O) groups excluding carboxylic acids is 1. The molecule has 0 rings (SSSR count). The number of halogens is 1. The molecule has 1 unspecified atom stereocenters. The third-order valence-corrected chi connectivity index (χ3v) is 8.12. The minimum absolute atomic E-state index is 0. The molecule has 11 heteroatoms. The van der Waals surface area contributed by atoms with Crippen LogP contribution in [0, 0.1) is 5.41 Å². The summed E-state index contributed by atoms with van der Waals surface area (Å²) in [5, 5.41) is 17.2. The third kappa shape index (κ3) is 22.0. The van der Waals surface area contributed by atoms with Gasteiger partial charge in [-0.2, -0.15) is 8.42 Å². The van der Waals surface area contributed by atoms with Crippen molar-refractivity contribution < 1.29 is 83.8 Å². The van der Waals surface area contributed by atoms with Crippen molar-refractivity contribution in [3.8, 4) is 0 Å². The van der Waals surface area contributed by atoms with Crippen LogP contribution in [0.3, 0.4) is 0 Å². The molecule has 0 saturated carbocycles. The van der Waals surface area contributed by atoms with Crippen molar-refractivity contribution in [2.45, 2.75) is 129 Å². The van der Waals surface area contributed by atoms with Crippen molar-refractivity contribution in [1.29, 1.82) is 0 Å². The molecule has 0 fully saturated rings. The van der Waals surface area contributed by atoms with Crippen molar-refractivity contribution in [2.24, 2.45) is 5.41 Å². The number of aliphatic carboxylic acids is 2. The third-order valence-electron chi connectivity index (χ3n) is 6.88. The Kier molecular flexibility index (Phi) is 29.8. The Labute approximate surface area is 266 Å². The number of quaternary nitrogens is 1. The smallest absolute Gasteiger partial charge is 1.00 e. The minimum Gasteiger partial charge on any atom is -1.00 e. The molecule has 0 amide bonds. The number of rotatable bonds is 21. The van der Waals surface area contributed by atoms with Gasteiger partial charge in [0.1, 0.15) is 5.25 Å². The molecule has 0 saturated heterocycles. The van der Waals surface area contributed by atoms with Gasteiger partial charge in [0.25, 0.3) is 10.1 Å². The van der Waals surface area contributed by atoms with Crippen molar-refractivity contribution in [1.82, 2.24) is 0 Å². The van der Waals surface area contributed by atoms with Gasteiger partial charge in [-0.3, -0.25) is 9.35 Å². The summed E-state index contributed by atoms with van der Waals surface area (Å²) in [7, 11) is 1.85. The first-order valence-electron chi connectivity index (χ1n) is 13.9. The van der Waals surface area contributed by atoms with E-state index in [0.29, 0.717) is 0 Å². The summed E-state index contributed by atoms with van der Waals surface area (Å²) < 4.78 is 31.7. The summed E-state index contributed by atoms with van der Waals surface area (Å²) >= 11 is 0. The van der Waals surface area contributed by atoms with Gasteiger partial charge >= 0.3 is 35.5 Å². The Morgan fingerprint density at radius 1 is 0.763 bits per heavy atom. The molecule has 0 aliphatic heterocycles. The molecule has 224 valence electrons. The van der Waals surface area contributed by atoms with Gasteiger partial charge in [0, 0.05) is 0 Å². The van der Waals surface area contributed by atoms with Crippen molar-refractivity contribution in [2.75, 3.05) is 27.7 Å². The normalized spacial score (nSPS) is 12.4. The van der Waals surface area contributed by atoms with Crippen LogP contribution in [0.25, 0.3) is 0 Å². The van der Waals surface area contributed by atoms with Crippen molar-refractivity contribution >= 4 is 22.1 Å². The Bertz CT molecular complexity index is 696. The van der Waals surface area contributed by atoms with Crippen LogP contribution >= 0.6 is 0 Å². The van der Waals surface area contributed by atoms with E-state index in [0.717, 1.165) is 4.48 Å². The number of hydrogen-bond donors (Lipinski definition) is 2. The molecule has 0 radical (unpaired) electrons. The molecular weight excluding hydrogens is 585 g/mol. The first-order chi connectivity index (χ1) is 16.7. The standard InChI is InChI=1S/C19H42N.C8H14O7S.BrH.Na/c1-5-6-7-8-9-10-11-12-13-14-15-16-17-18-19-20(2,3)4;1-3-8(4-2,7(11)12)5(6(9)10)16(13,14)15;;/h5-19H2,1-4H3;5H,3-4H2,1-2H3,(H,9,10)(H,11,12)(H,13,14,15);1H;/q+1;;;+1/p-2. The van der Waals surface area contributed by atoms with E-state index in [9.17, 15) is 23.1 Å². The topological polar surface area (TPSA) is 132 Å². The number of carbonyl (C=O) groups is 2. The van der Waals surface area contributed by atoms with Gasteiger partial charge in [-0.25, -0.2) is 0 Å². The largest absolute Gasteiger partial charge is 1.00 e. The van der Waals surface area contributed by atoms with E-state index < -0.39 is 32.7 Å². The van der Waals surface area contributed by atoms with Gasteiger partial charge < -0.3 is 36.5 Å². The molecule has 0 bridgehead atoms. The number of hydrogen-bond acceptors (Lipinski definition) is 5. The first kappa shape index (κ1) is 45.3. The zero-order chi connectivity index (χ0) is 28.3. The maximum absolute atomic E-state index is 11.0. The fourth-order valence-corrected chi connectivity index (χ4v) is 5.70. The second-order valence-electron chi connectivity index (χ2n) is 11.0. The Hall–Kier alpha value is 0.290. The van der Waals surface area contributed by atoms with E-state index in [2.05, 4.69) is 28.1 Å². The van der Waals surface area contributed by atoms with Crippen LogP contribution in [0.4, 0.5) is 0 Å². The van der Waals surface area contributed by atoms with Crippen LogP contribution in [0.15, 0.2) is 0 Å². The van der Waals surface area contributed by atoms with E-state index in [4.69, 9.17) is 9.66 Å². The molecule has 0 aromatic heterocycles. The molecule has 0 spiro atoms. The van der Waals surface area contributed by atoms with E-state index in [-0.39, 0.29) is 59.4 Å². The van der Waals surface area contributed by atoms with Crippen LogP contribution in [-0.4, -0.2) is 67.4 Å². The van der Waals surface area contributed by atoms with E-state index in [1.54, 1.807) is 0 Å². The van der Waals surface area contributed by atoms with Gasteiger partial charge in [0.2, 0.25) is 0 Å². The van der Waals surface area contributed by atoms with Crippen molar-refractivity contribution in [3.63, 3.8) is 0 Å². The Morgan fingerprint density at radius 3 is 1.26 bits per heavy atom. The Balaban J connectivity index is -0.000000295. The fraction of sp³-hybridized carbons (Fsp3) is 0.926. The summed E-state index contributed by atoms with van der Waals surface area (Å²) in [4.78, 5) is 21.7. The van der Waals surface area contributed by atoms with Crippen molar-refractivity contribution in [3.05, 3.63) is 0 Å². The van der Waals surface area contributed by atoms with Gasteiger partial charge in [0.05, 0.1) is 39.1 Å². The summed E-state index contributed by atoms with van der Waals surface area (Å²) in [6.45, 7) is 6.29. The first-order valence-corrected chi connectivity index (χ1v) is 15.4. The fourth-order valence-electron chi connectivity index (χ4n) is 4.45. The molecule has 0 heterocycles. The summed E-state index contributed by atoms with van der Waals surface area (Å²) in [6.07, 6.45) is 19.9. The van der Waals surface area contributed by atoms with Crippen LogP contribution < -0.4 is 51.6 Å². The number of carboxylic acids is 2. The van der Waals surface area contributed by atoms with Gasteiger partial charge in [-0.15, -0.1) is 0 Å². The predicted molar refractivity (Wildman–Crippen MR) is 144 cm³/mol. The maximum atomic E-state index is 11.0. The van der Waals surface area contributed by atoms with E-state index >= 15 is 0 Å². The van der Waals surface area contributed by atoms with Crippen LogP contribution in [0.5, 0.6) is 0 Å². The average Bonchev–Trinajstić information content (AvgIpc) is 2.76. The van der Waals surface area contributed by atoms with E-state index in [1.807, 2.05) is 0 Å². The zero-order valence-electron chi connectivity index (χ0n) is 25.3. The second kappa shape index (κ2) is 25.0. The van der Waals surface area contributed by atoms with E-state index in [1.165, 1.54) is 110 Å². The van der Waals surface area contributed by atoms with Crippen LogP contribution in [0.2, 0.25) is 0 Å². The molecular formula is C27H55BrNNaO7S. The average molecular weight is 641 g/mol. The molecule has 1 atom stereocenters. The number of carboxylic acid groups (broad SMARTS) is 2. The van der Waals surface area contributed by atoms with Crippen LogP contribution in [-0.2, 0) is 19.7 Å². The number of unbranched alkanes of at least 4 members (excludes halogenated alkanes) is 13. The SMILES string of the molecule is CCC(CC)(C(=O)O)C(C(=O)[O-])S(=O)(=O)O.CCCCCCCCCCCCCCCC[N+](C)(C)C.[Br-].[Na+]. The quantitative estimate of drug-likeness (QED) is 0.0717. The molecule has 0 aliphatic rings. The van der Waals surface area contributed by atoms with Gasteiger partial charge in [-0.1, -0.05) is 97.8 Å². The summed E-state index contributed by atoms with van der Waals surface area (Å²) in [5.74, 6) is -3.71. The predicted octanol–water partition coefficient (Wildman–Crippen LogP) is -0.934. The van der Waals surface area contributed by atoms with Gasteiger partial charge in [0.15, 0.2) is 0 Å². The number of nitrogens with zero attached hydrogens (tertiary/aromatic N) is 1.